The van der Waals surface area contributed by atoms with Crippen molar-refractivity contribution >= 4 is 5.69 Å². The quantitative estimate of drug-likeness (QED) is 0.840. The van der Waals surface area contributed by atoms with E-state index in [0.717, 1.165) is 5.92 Å². The van der Waals surface area contributed by atoms with Gasteiger partial charge in [0.2, 0.25) is 0 Å². The molecule has 2 nitrogen and oxygen atoms in total. The fourth-order valence-corrected chi connectivity index (χ4v) is 3.71. The second kappa shape index (κ2) is 7.15. The van der Waals surface area contributed by atoms with E-state index in [1.54, 1.807) is 10.5 Å². The lowest BCUT2D eigenvalue weighted by atomic mass is 9.85. The maximum Gasteiger partial charge on any atom is 0.0988 e. The van der Waals surface area contributed by atoms with Gasteiger partial charge in [-0.05, 0) is 49.8 Å². The molecule has 1 saturated heterocycles. The number of hydrogen-bond acceptors (Lipinski definition) is 1. The Hall–Kier alpha value is -1.54. The predicted molar refractivity (Wildman–Crippen MR) is 94.5 cm³/mol. The number of nitrogens with zero attached hydrogens (tertiary/aromatic N) is 1. The molecule has 1 N–H and O–H groups in total. The van der Waals surface area contributed by atoms with Crippen LogP contribution < -0.4 is 9.80 Å². The molecule has 22 heavy (non-hydrogen) atoms. The molecule has 2 aliphatic rings. The first kappa shape index (κ1) is 15.4. The monoisotopic (exact) mass is 297 g/mol. The van der Waals surface area contributed by atoms with E-state index in [1.165, 1.54) is 63.2 Å². The van der Waals surface area contributed by atoms with Crippen molar-refractivity contribution < 1.29 is 4.90 Å². The van der Waals surface area contributed by atoms with Crippen LogP contribution in [-0.4, -0.2) is 32.7 Å². The van der Waals surface area contributed by atoms with Gasteiger partial charge in [-0.3, -0.25) is 0 Å². The lowest BCUT2D eigenvalue weighted by Crippen LogP contribution is -3.15. The minimum absolute atomic E-state index is 0.730. The Morgan fingerprint density at radius 3 is 2.55 bits per heavy atom. The van der Waals surface area contributed by atoms with Crippen LogP contribution in [0.1, 0.15) is 26.2 Å². The van der Waals surface area contributed by atoms with Gasteiger partial charge in [0.25, 0.3) is 0 Å². The molecule has 1 heterocycles. The first-order valence-corrected chi connectivity index (χ1v) is 8.69. The fraction of sp³-hybridized carbons (Fsp3) is 0.500. The number of piperazine rings is 1. The van der Waals surface area contributed by atoms with Gasteiger partial charge in [0.05, 0.1) is 32.7 Å². The van der Waals surface area contributed by atoms with Crippen molar-refractivity contribution in [3.05, 3.63) is 54.1 Å². The fourth-order valence-electron chi connectivity index (χ4n) is 3.71. The Labute approximate surface area is 135 Å². The second-order valence-corrected chi connectivity index (χ2v) is 6.93. The van der Waals surface area contributed by atoms with Crippen LogP contribution in [0.5, 0.6) is 0 Å². The summed E-state index contributed by atoms with van der Waals surface area (Å²) < 4.78 is 0. The smallest absolute Gasteiger partial charge is 0.0988 e. The number of nitrogens with one attached hydrogen (secondary N) is 1. The summed E-state index contributed by atoms with van der Waals surface area (Å²) >= 11 is 0. The molecule has 0 aromatic heterocycles. The van der Waals surface area contributed by atoms with Crippen LogP contribution in [-0.2, 0) is 0 Å². The highest BCUT2D eigenvalue weighted by Crippen LogP contribution is 2.27. The number of quaternary nitrogens is 1. The zero-order valence-electron chi connectivity index (χ0n) is 13.9. The summed E-state index contributed by atoms with van der Waals surface area (Å²) in [5.41, 5.74) is 4.42. The molecule has 1 aliphatic heterocycles. The first-order valence-electron chi connectivity index (χ1n) is 8.69. The zero-order chi connectivity index (χ0) is 15.4. The van der Waals surface area contributed by atoms with Crippen LogP contribution >= 0.6 is 0 Å². The summed E-state index contributed by atoms with van der Waals surface area (Å²) in [6.45, 7) is 12.4. The topological polar surface area (TPSA) is 7.68 Å². The molecular formula is C20H29N2+. The van der Waals surface area contributed by atoms with E-state index in [1.807, 2.05) is 0 Å². The maximum absolute atomic E-state index is 4.12. The van der Waals surface area contributed by atoms with Gasteiger partial charge >= 0.3 is 0 Å². The van der Waals surface area contributed by atoms with Gasteiger partial charge in [-0.2, -0.15) is 0 Å². The van der Waals surface area contributed by atoms with Crippen molar-refractivity contribution in [3.8, 4) is 0 Å². The lowest BCUT2D eigenvalue weighted by molar-refractivity contribution is -0.895. The highest BCUT2D eigenvalue weighted by molar-refractivity contribution is 5.46. The van der Waals surface area contributed by atoms with Gasteiger partial charge in [0.1, 0.15) is 0 Å². The summed E-state index contributed by atoms with van der Waals surface area (Å²) in [6.07, 6.45) is 6.31. The van der Waals surface area contributed by atoms with E-state index < -0.39 is 0 Å². The van der Waals surface area contributed by atoms with Crippen molar-refractivity contribution in [1.82, 2.24) is 0 Å². The van der Waals surface area contributed by atoms with Crippen molar-refractivity contribution in [1.29, 1.82) is 0 Å². The third-order valence-corrected chi connectivity index (χ3v) is 5.27. The average molecular weight is 297 g/mol. The van der Waals surface area contributed by atoms with Crippen molar-refractivity contribution in [3.63, 3.8) is 0 Å². The molecule has 1 fully saturated rings. The van der Waals surface area contributed by atoms with Gasteiger partial charge in [-0.15, -0.1) is 0 Å². The van der Waals surface area contributed by atoms with E-state index in [9.17, 15) is 0 Å². The molecule has 0 unspecified atom stereocenters. The standard InChI is InChI=1S/C20H28N2/c1-17(2)19-10-8-18(9-11-19)16-21-12-14-22(15-13-21)20-6-4-3-5-7-20/h3-8,19H,1,9-16H2,2H3/p+1/t19-/m0/s1. The van der Waals surface area contributed by atoms with Crippen LogP contribution in [0, 0.1) is 5.92 Å². The van der Waals surface area contributed by atoms with E-state index in [0.29, 0.717) is 0 Å². The SMILES string of the molecule is C=C(C)[C@H]1CC=C(C[NH+]2CCN(c3ccccc3)CC2)CC1. The summed E-state index contributed by atoms with van der Waals surface area (Å²) in [7, 11) is 0. The minimum atomic E-state index is 0.730. The first-order chi connectivity index (χ1) is 10.7. The molecule has 0 spiro atoms. The van der Waals surface area contributed by atoms with Gasteiger partial charge in [0, 0.05) is 5.69 Å². The van der Waals surface area contributed by atoms with Crippen molar-refractivity contribution in [2.45, 2.75) is 26.2 Å². The molecule has 1 aliphatic carbocycles. The number of rotatable bonds is 4. The third kappa shape index (κ3) is 3.80. The molecule has 1 aromatic rings. The molecule has 0 bridgehead atoms. The number of allylic oxidation sites excluding steroid dienone is 2. The lowest BCUT2D eigenvalue weighted by Gasteiger charge is -2.34. The molecule has 1 atom stereocenters. The molecular weight excluding hydrogens is 268 g/mol. The van der Waals surface area contributed by atoms with E-state index in [4.69, 9.17) is 0 Å². The van der Waals surface area contributed by atoms with Gasteiger partial charge < -0.3 is 9.80 Å². The Balaban J connectivity index is 1.48. The number of para-hydroxylation sites is 1. The predicted octanol–water partition coefficient (Wildman–Crippen LogP) is 2.69. The van der Waals surface area contributed by atoms with Crippen molar-refractivity contribution in [2.24, 2.45) is 5.92 Å². The Morgan fingerprint density at radius 2 is 1.95 bits per heavy atom. The molecule has 0 radical (unpaired) electrons. The Morgan fingerprint density at radius 1 is 1.23 bits per heavy atom. The van der Waals surface area contributed by atoms with Crippen molar-refractivity contribution in [2.75, 3.05) is 37.6 Å². The summed E-state index contributed by atoms with van der Waals surface area (Å²) in [4.78, 5) is 4.28. The minimum Gasteiger partial charge on any atom is -0.360 e. The number of anilines is 1. The Bertz CT molecular complexity index is 524. The average Bonchev–Trinajstić information content (AvgIpc) is 2.57. The van der Waals surface area contributed by atoms with E-state index >= 15 is 0 Å². The van der Waals surface area contributed by atoms with Crippen LogP contribution in [0.3, 0.4) is 0 Å². The largest absolute Gasteiger partial charge is 0.360 e. The molecule has 2 heteroatoms. The highest BCUT2D eigenvalue weighted by atomic mass is 15.3. The normalized spacial score (nSPS) is 23.2. The van der Waals surface area contributed by atoms with Gasteiger partial charge in [-0.25, -0.2) is 0 Å². The van der Waals surface area contributed by atoms with E-state index in [-0.39, 0.29) is 0 Å². The van der Waals surface area contributed by atoms with Crippen LogP contribution in [0.2, 0.25) is 0 Å². The third-order valence-electron chi connectivity index (χ3n) is 5.27. The van der Waals surface area contributed by atoms with Gasteiger partial charge in [0.15, 0.2) is 0 Å². The van der Waals surface area contributed by atoms with Crippen LogP contribution in [0.15, 0.2) is 54.1 Å². The number of hydrogen-bond donors (Lipinski definition) is 1. The highest BCUT2D eigenvalue weighted by Gasteiger charge is 2.22. The van der Waals surface area contributed by atoms with Gasteiger partial charge in [-0.1, -0.05) is 36.4 Å². The van der Waals surface area contributed by atoms with Crippen LogP contribution in [0.4, 0.5) is 5.69 Å². The Kier molecular flexibility index (Phi) is 4.99. The second-order valence-electron chi connectivity index (χ2n) is 6.93. The molecule has 1 aromatic carbocycles. The summed E-state index contributed by atoms with van der Waals surface area (Å²) in [6, 6.07) is 10.8. The molecule has 3 rings (SSSR count). The number of benzene rings is 1. The summed E-state index contributed by atoms with van der Waals surface area (Å²) in [5, 5.41) is 0. The van der Waals surface area contributed by atoms with E-state index in [2.05, 4.69) is 54.8 Å². The molecule has 0 saturated carbocycles. The summed E-state index contributed by atoms with van der Waals surface area (Å²) in [5.74, 6) is 0.730. The zero-order valence-corrected chi connectivity index (χ0v) is 13.9. The maximum atomic E-state index is 4.12. The molecule has 118 valence electrons. The van der Waals surface area contributed by atoms with Crippen LogP contribution in [0.25, 0.3) is 0 Å². The molecule has 0 amide bonds.